The average Bonchev–Trinajstić information content (AvgIpc) is 2.45. The topological polar surface area (TPSA) is 66.4 Å². The van der Waals surface area contributed by atoms with Crippen LogP contribution in [0.3, 0.4) is 0 Å². The van der Waals surface area contributed by atoms with Crippen molar-refractivity contribution < 1.29 is 13.5 Å². The molecule has 0 aliphatic rings. The van der Waals surface area contributed by atoms with E-state index in [-0.39, 0.29) is 11.4 Å². The van der Waals surface area contributed by atoms with Crippen molar-refractivity contribution in [3.05, 3.63) is 29.8 Å². The highest BCUT2D eigenvalue weighted by molar-refractivity contribution is 7.89. The van der Waals surface area contributed by atoms with Crippen LogP contribution in [0.5, 0.6) is 0 Å². The van der Waals surface area contributed by atoms with Gasteiger partial charge in [0.25, 0.3) is 0 Å². The number of sulfonamides is 1. The molecule has 0 radical (unpaired) electrons. The van der Waals surface area contributed by atoms with Crippen LogP contribution in [0.4, 0.5) is 0 Å². The molecule has 1 aromatic carbocycles. The molecule has 0 aromatic heterocycles. The van der Waals surface area contributed by atoms with Gasteiger partial charge >= 0.3 is 0 Å². The third-order valence-corrected chi connectivity index (χ3v) is 5.19. The van der Waals surface area contributed by atoms with Crippen molar-refractivity contribution >= 4 is 10.0 Å². The fraction of sp³-hybridized carbons (Fsp3) is 0.600. The Balaban J connectivity index is 2.83. The van der Waals surface area contributed by atoms with Crippen LogP contribution in [0.2, 0.25) is 0 Å². The Morgan fingerprint density at radius 2 is 1.80 bits per heavy atom. The van der Waals surface area contributed by atoms with Crippen molar-refractivity contribution in [3.63, 3.8) is 0 Å². The van der Waals surface area contributed by atoms with E-state index in [9.17, 15) is 13.5 Å². The second kappa shape index (κ2) is 6.70. The van der Waals surface area contributed by atoms with Gasteiger partial charge in [-0.1, -0.05) is 32.9 Å². The van der Waals surface area contributed by atoms with E-state index in [1.54, 1.807) is 19.1 Å². The highest BCUT2D eigenvalue weighted by Crippen LogP contribution is 2.20. The van der Waals surface area contributed by atoms with Crippen LogP contribution < -0.4 is 4.72 Å². The first kappa shape index (κ1) is 17.1. The zero-order chi connectivity index (χ0) is 15.4. The molecule has 1 aromatic rings. The molecule has 0 bridgehead atoms. The van der Waals surface area contributed by atoms with Gasteiger partial charge in [-0.15, -0.1) is 0 Å². The van der Waals surface area contributed by atoms with Gasteiger partial charge in [0.15, 0.2) is 0 Å². The van der Waals surface area contributed by atoms with E-state index in [2.05, 4.69) is 18.6 Å². The Hall–Kier alpha value is -0.910. The molecule has 0 saturated heterocycles. The van der Waals surface area contributed by atoms with E-state index in [0.29, 0.717) is 12.3 Å². The first-order valence-electron chi connectivity index (χ1n) is 7.04. The monoisotopic (exact) mass is 299 g/mol. The Morgan fingerprint density at radius 1 is 1.25 bits per heavy atom. The summed E-state index contributed by atoms with van der Waals surface area (Å²) >= 11 is 0. The first-order valence-corrected chi connectivity index (χ1v) is 8.52. The Bertz CT molecular complexity index is 521. The highest BCUT2D eigenvalue weighted by atomic mass is 32.2. The number of rotatable bonds is 7. The molecule has 5 heteroatoms. The maximum atomic E-state index is 12.1. The van der Waals surface area contributed by atoms with Crippen LogP contribution in [-0.4, -0.2) is 25.7 Å². The number of hydrogen-bond acceptors (Lipinski definition) is 3. The van der Waals surface area contributed by atoms with Gasteiger partial charge in [-0.25, -0.2) is 13.1 Å². The molecule has 2 N–H and O–H groups in total. The minimum absolute atomic E-state index is 0.0128. The zero-order valence-electron chi connectivity index (χ0n) is 12.7. The normalized spacial score (nSPS) is 16.6. The van der Waals surface area contributed by atoms with Crippen molar-refractivity contribution in [3.8, 4) is 0 Å². The van der Waals surface area contributed by atoms with Crippen LogP contribution >= 0.6 is 0 Å². The molecule has 0 fully saturated rings. The third-order valence-electron chi connectivity index (χ3n) is 3.78. The van der Waals surface area contributed by atoms with Crippen LogP contribution in [0.1, 0.15) is 52.0 Å². The largest absolute Gasteiger partial charge is 0.389 e. The fourth-order valence-electron chi connectivity index (χ4n) is 1.67. The van der Waals surface area contributed by atoms with Crippen LogP contribution in [-0.2, 0) is 10.0 Å². The van der Waals surface area contributed by atoms with Crippen LogP contribution in [0.25, 0.3) is 0 Å². The van der Waals surface area contributed by atoms with E-state index in [1.165, 1.54) is 0 Å². The summed E-state index contributed by atoms with van der Waals surface area (Å²) in [6.45, 7) is 7.65. The molecule has 0 heterocycles. The minimum atomic E-state index is -3.56. The molecule has 2 unspecified atom stereocenters. The van der Waals surface area contributed by atoms with Gasteiger partial charge in [0.2, 0.25) is 10.0 Å². The Morgan fingerprint density at radius 3 is 2.25 bits per heavy atom. The predicted molar refractivity (Wildman–Crippen MR) is 81.3 cm³/mol. The summed E-state index contributed by atoms with van der Waals surface area (Å²) in [7, 11) is -3.56. The van der Waals surface area contributed by atoms with Crippen LogP contribution in [0.15, 0.2) is 29.2 Å². The Kier molecular flexibility index (Phi) is 5.74. The summed E-state index contributed by atoms with van der Waals surface area (Å²) in [5.74, 6) is 0.417. The lowest BCUT2D eigenvalue weighted by molar-refractivity contribution is 0.0613. The summed E-state index contributed by atoms with van der Waals surface area (Å²) in [6, 6.07) is 6.93. The highest BCUT2D eigenvalue weighted by Gasteiger charge is 2.22. The summed E-state index contributed by atoms with van der Waals surface area (Å²) in [5, 5.41) is 9.86. The summed E-state index contributed by atoms with van der Waals surface area (Å²) in [4.78, 5) is 0.233. The van der Waals surface area contributed by atoms with Gasteiger partial charge in [0.1, 0.15) is 0 Å². The van der Waals surface area contributed by atoms with E-state index in [4.69, 9.17) is 0 Å². The molecule has 0 aliphatic carbocycles. The quantitative estimate of drug-likeness (QED) is 0.813. The lowest BCUT2D eigenvalue weighted by Crippen LogP contribution is -2.40. The van der Waals surface area contributed by atoms with Crippen molar-refractivity contribution in [2.75, 3.05) is 6.54 Å². The smallest absolute Gasteiger partial charge is 0.240 e. The first-order chi connectivity index (χ1) is 9.22. The molecular formula is C15H25NO3S. The number of nitrogens with one attached hydrogen (secondary N) is 1. The van der Waals surface area contributed by atoms with E-state index >= 15 is 0 Å². The van der Waals surface area contributed by atoms with Crippen LogP contribution in [0, 0.1) is 0 Å². The summed E-state index contributed by atoms with van der Waals surface area (Å²) in [5.41, 5.74) is 0.107. The molecule has 1 rings (SSSR count). The molecule has 4 nitrogen and oxygen atoms in total. The molecule has 114 valence electrons. The van der Waals surface area contributed by atoms with E-state index in [1.807, 2.05) is 19.1 Å². The number of aliphatic hydroxyl groups is 1. The molecule has 0 aliphatic heterocycles. The standard InChI is InChI=1S/C15H25NO3S/c1-5-12(3)13-7-9-14(10-8-13)20(18,19)16-11-15(4,17)6-2/h7-10,12,16-17H,5-6,11H2,1-4H3. The average molecular weight is 299 g/mol. The van der Waals surface area contributed by atoms with Crippen molar-refractivity contribution in [1.82, 2.24) is 4.72 Å². The number of hydrogen-bond donors (Lipinski definition) is 2. The molecule has 2 atom stereocenters. The van der Waals surface area contributed by atoms with Crippen molar-refractivity contribution in [2.24, 2.45) is 0 Å². The van der Waals surface area contributed by atoms with Gasteiger partial charge in [-0.05, 0) is 43.4 Å². The molecule has 20 heavy (non-hydrogen) atoms. The maximum absolute atomic E-state index is 12.1. The maximum Gasteiger partial charge on any atom is 0.240 e. The third kappa shape index (κ3) is 4.58. The predicted octanol–water partition coefficient (Wildman–Crippen LogP) is 2.64. The lowest BCUT2D eigenvalue weighted by atomic mass is 9.99. The number of benzene rings is 1. The lowest BCUT2D eigenvalue weighted by Gasteiger charge is -2.21. The summed E-state index contributed by atoms with van der Waals surface area (Å²) in [6.07, 6.45) is 1.51. The molecule has 0 amide bonds. The van der Waals surface area contributed by atoms with Gasteiger partial charge in [-0.2, -0.15) is 0 Å². The summed E-state index contributed by atoms with van der Waals surface area (Å²) < 4.78 is 26.7. The van der Waals surface area contributed by atoms with Gasteiger partial charge < -0.3 is 5.11 Å². The SMILES string of the molecule is CCC(C)c1ccc(S(=O)(=O)NCC(C)(O)CC)cc1. The van der Waals surface area contributed by atoms with Gasteiger partial charge in [-0.3, -0.25) is 0 Å². The van der Waals surface area contributed by atoms with E-state index < -0.39 is 15.6 Å². The van der Waals surface area contributed by atoms with Crippen molar-refractivity contribution in [1.29, 1.82) is 0 Å². The molecular weight excluding hydrogens is 274 g/mol. The minimum Gasteiger partial charge on any atom is -0.389 e. The molecule has 0 saturated carbocycles. The molecule has 0 spiro atoms. The van der Waals surface area contributed by atoms with Gasteiger partial charge in [0, 0.05) is 6.54 Å². The van der Waals surface area contributed by atoms with Crippen molar-refractivity contribution in [2.45, 2.75) is 57.0 Å². The Labute approximate surface area is 122 Å². The zero-order valence-corrected chi connectivity index (χ0v) is 13.5. The van der Waals surface area contributed by atoms with E-state index in [0.717, 1.165) is 12.0 Å². The fourth-order valence-corrected chi connectivity index (χ4v) is 2.83. The second-order valence-electron chi connectivity index (χ2n) is 5.55. The van der Waals surface area contributed by atoms with Gasteiger partial charge in [0.05, 0.1) is 10.5 Å². The second-order valence-corrected chi connectivity index (χ2v) is 7.32.